The fourth-order valence-corrected chi connectivity index (χ4v) is 4.14. The van der Waals surface area contributed by atoms with Crippen LogP contribution in [0.5, 0.6) is 0 Å². The van der Waals surface area contributed by atoms with Gasteiger partial charge in [-0.3, -0.25) is 9.78 Å². The molecule has 0 aliphatic carbocycles. The maximum atomic E-state index is 12.4. The maximum Gasteiger partial charge on any atom is 0.289 e. The predicted molar refractivity (Wildman–Crippen MR) is 117 cm³/mol. The molecule has 2 fully saturated rings. The highest BCUT2D eigenvalue weighted by Crippen LogP contribution is 2.30. The number of hydrogen-bond donors (Lipinski definition) is 1. The monoisotopic (exact) mass is 419 g/mol. The molecule has 0 atom stereocenters. The van der Waals surface area contributed by atoms with Crippen molar-refractivity contribution >= 4 is 28.4 Å². The summed E-state index contributed by atoms with van der Waals surface area (Å²) in [5.74, 6) is 1.90. The smallest absolute Gasteiger partial charge is 0.289 e. The number of anilines is 2. The Hall–Kier alpha value is -3.33. The molecular formula is C22H25N7O2. The zero-order valence-corrected chi connectivity index (χ0v) is 17.3. The summed E-state index contributed by atoms with van der Waals surface area (Å²) in [4.78, 5) is 34.6. The summed E-state index contributed by atoms with van der Waals surface area (Å²) >= 11 is 0. The average Bonchev–Trinajstić information content (AvgIpc) is 2.85. The number of aromatic nitrogens is 4. The number of amides is 1. The van der Waals surface area contributed by atoms with E-state index in [2.05, 4.69) is 42.2 Å². The summed E-state index contributed by atoms with van der Waals surface area (Å²) in [7, 11) is 0. The first-order valence-electron chi connectivity index (χ1n) is 10.7. The van der Waals surface area contributed by atoms with E-state index in [9.17, 15) is 4.79 Å². The van der Waals surface area contributed by atoms with E-state index in [0.717, 1.165) is 61.6 Å². The second-order valence-corrected chi connectivity index (χ2v) is 7.78. The van der Waals surface area contributed by atoms with Crippen molar-refractivity contribution in [3.8, 4) is 0 Å². The van der Waals surface area contributed by atoms with Crippen LogP contribution in [-0.2, 0) is 4.74 Å². The first-order chi connectivity index (χ1) is 15.3. The van der Waals surface area contributed by atoms with Crippen LogP contribution in [-0.4, -0.2) is 71.3 Å². The Morgan fingerprint density at radius 3 is 2.48 bits per heavy atom. The van der Waals surface area contributed by atoms with Gasteiger partial charge < -0.3 is 19.9 Å². The summed E-state index contributed by atoms with van der Waals surface area (Å²) in [6, 6.07) is 7.89. The molecule has 0 radical (unpaired) electrons. The van der Waals surface area contributed by atoms with E-state index in [0.29, 0.717) is 13.2 Å². The van der Waals surface area contributed by atoms with Gasteiger partial charge in [0.25, 0.3) is 5.91 Å². The van der Waals surface area contributed by atoms with Crippen LogP contribution < -0.4 is 15.1 Å². The van der Waals surface area contributed by atoms with Crippen molar-refractivity contribution in [1.82, 2.24) is 25.3 Å². The lowest BCUT2D eigenvalue weighted by atomic mass is 10.0. The first kappa shape index (κ1) is 19.6. The molecule has 1 N–H and O–H groups in total. The summed E-state index contributed by atoms with van der Waals surface area (Å²) < 4.78 is 5.49. The van der Waals surface area contributed by atoms with Gasteiger partial charge >= 0.3 is 0 Å². The van der Waals surface area contributed by atoms with Gasteiger partial charge in [-0.05, 0) is 31.0 Å². The zero-order chi connectivity index (χ0) is 21.0. The normalized spacial score (nSPS) is 17.7. The SMILES string of the molecule is O=C(NC1CCN(c2nc(N3CCOCC3)cc3ncccc23)CC1)c1ncccn1. The molecule has 0 spiro atoms. The first-order valence-corrected chi connectivity index (χ1v) is 10.7. The summed E-state index contributed by atoms with van der Waals surface area (Å²) in [5, 5.41) is 4.12. The summed E-state index contributed by atoms with van der Waals surface area (Å²) in [6.45, 7) is 4.72. The topological polar surface area (TPSA) is 96.4 Å². The highest BCUT2D eigenvalue weighted by Gasteiger charge is 2.25. The number of fused-ring (bicyclic) bond motifs is 1. The molecule has 3 aromatic heterocycles. The third-order valence-corrected chi connectivity index (χ3v) is 5.80. The molecule has 5 heterocycles. The molecule has 1 amide bonds. The lowest BCUT2D eigenvalue weighted by Crippen LogP contribution is -2.45. The van der Waals surface area contributed by atoms with E-state index in [1.807, 2.05) is 12.3 Å². The minimum Gasteiger partial charge on any atom is -0.378 e. The van der Waals surface area contributed by atoms with Crippen LogP contribution >= 0.6 is 0 Å². The number of piperidine rings is 1. The van der Waals surface area contributed by atoms with Crippen LogP contribution in [0.1, 0.15) is 23.5 Å². The molecule has 2 saturated heterocycles. The molecule has 9 nitrogen and oxygen atoms in total. The van der Waals surface area contributed by atoms with Crippen molar-refractivity contribution in [1.29, 1.82) is 0 Å². The van der Waals surface area contributed by atoms with Crippen LogP contribution in [0.2, 0.25) is 0 Å². The number of pyridine rings is 2. The number of ether oxygens (including phenoxy) is 1. The van der Waals surface area contributed by atoms with Crippen molar-refractivity contribution in [2.45, 2.75) is 18.9 Å². The number of carbonyl (C=O) groups excluding carboxylic acids is 1. The van der Waals surface area contributed by atoms with E-state index in [-0.39, 0.29) is 17.8 Å². The Balaban J connectivity index is 1.32. The molecule has 3 aromatic rings. The zero-order valence-electron chi connectivity index (χ0n) is 17.3. The Morgan fingerprint density at radius 1 is 0.968 bits per heavy atom. The molecule has 5 rings (SSSR count). The summed E-state index contributed by atoms with van der Waals surface area (Å²) in [6.07, 6.45) is 6.66. The number of morpholine rings is 1. The number of nitrogens with zero attached hydrogens (tertiary/aromatic N) is 6. The fourth-order valence-electron chi connectivity index (χ4n) is 4.14. The van der Waals surface area contributed by atoms with E-state index in [4.69, 9.17) is 9.72 Å². The van der Waals surface area contributed by atoms with Crippen molar-refractivity contribution in [2.24, 2.45) is 0 Å². The second-order valence-electron chi connectivity index (χ2n) is 7.78. The van der Waals surface area contributed by atoms with Gasteiger partial charge in [-0.1, -0.05) is 0 Å². The molecule has 0 aromatic carbocycles. The van der Waals surface area contributed by atoms with Gasteiger partial charge in [0.05, 0.1) is 18.7 Å². The molecule has 0 unspecified atom stereocenters. The lowest BCUT2D eigenvalue weighted by Gasteiger charge is -2.35. The van der Waals surface area contributed by atoms with Gasteiger partial charge in [0, 0.05) is 62.3 Å². The number of rotatable bonds is 4. The van der Waals surface area contributed by atoms with Crippen molar-refractivity contribution < 1.29 is 9.53 Å². The van der Waals surface area contributed by atoms with E-state index < -0.39 is 0 Å². The lowest BCUT2D eigenvalue weighted by molar-refractivity contribution is 0.0920. The number of nitrogens with one attached hydrogen (secondary N) is 1. The summed E-state index contributed by atoms with van der Waals surface area (Å²) in [5.41, 5.74) is 0.950. The van der Waals surface area contributed by atoms with Crippen LogP contribution in [0.4, 0.5) is 11.6 Å². The average molecular weight is 419 g/mol. The largest absolute Gasteiger partial charge is 0.378 e. The minimum atomic E-state index is -0.221. The van der Waals surface area contributed by atoms with E-state index in [1.54, 1.807) is 18.5 Å². The Bertz CT molecular complexity index is 1050. The Labute approximate surface area is 180 Å². The maximum absolute atomic E-state index is 12.4. The van der Waals surface area contributed by atoms with Crippen LogP contribution in [0.15, 0.2) is 42.9 Å². The fraction of sp³-hybridized carbons (Fsp3) is 0.409. The molecule has 2 aliphatic heterocycles. The number of hydrogen-bond acceptors (Lipinski definition) is 8. The van der Waals surface area contributed by atoms with Crippen LogP contribution in [0.25, 0.3) is 10.9 Å². The van der Waals surface area contributed by atoms with E-state index >= 15 is 0 Å². The molecule has 9 heteroatoms. The van der Waals surface area contributed by atoms with Crippen molar-refractivity contribution in [3.63, 3.8) is 0 Å². The second kappa shape index (κ2) is 8.81. The standard InChI is InChI=1S/C22H25N7O2/c30-22(20-24-7-2-8-25-20)26-16-4-9-29(10-5-16)21-17-3-1-6-23-18(17)15-19(27-21)28-11-13-31-14-12-28/h1-3,6-8,15-16H,4-5,9-14H2,(H,26,30). The van der Waals surface area contributed by atoms with Crippen LogP contribution in [0.3, 0.4) is 0 Å². The minimum absolute atomic E-state index is 0.0966. The Morgan fingerprint density at radius 2 is 1.71 bits per heavy atom. The molecule has 160 valence electrons. The molecule has 0 saturated carbocycles. The van der Waals surface area contributed by atoms with Crippen molar-refractivity contribution in [3.05, 3.63) is 48.7 Å². The molecule has 31 heavy (non-hydrogen) atoms. The molecule has 2 aliphatic rings. The van der Waals surface area contributed by atoms with Gasteiger partial charge in [0.1, 0.15) is 11.6 Å². The van der Waals surface area contributed by atoms with Gasteiger partial charge in [0.2, 0.25) is 5.82 Å². The van der Waals surface area contributed by atoms with Gasteiger partial charge in [0.15, 0.2) is 0 Å². The Kier molecular flexibility index (Phi) is 5.57. The van der Waals surface area contributed by atoms with Gasteiger partial charge in [-0.2, -0.15) is 0 Å². The van der Waals surface area contributed by atoms with Crippen LogP contribution in [0, 0.1) is 0 Å². The number of carbonyl (C=O) groups is 1. The quantitative estimate of drug-likeness (QED) is 0.682. The van der Waals surface area contributed by atoms with Crippen molar-refractivity contribution in [2.75, 3.05) is 49.2 Å². The van der Waals surface area contributed by atoms with Gasteiger partial charge in [-0.25, -0.2) is 15.0 Å². The highest BCUT2D eigenvalue weighted by atomic mass is 16.5. The third kappa shape index (κ3) is 4.27. The van der Waals surface area contributed by atoms with E-state index in [1.165, 1.54) is 0 Å². The highest BCUT2D eigenvalue weighted by molar-refractivity contribution is 5.92. The molecule has 0 bridgehead atoms. The van der Waals surface area contributed by atoms with Gasteiger partial charge in [-0.15, -0.1) is 0 Å². The molecular weight excluding hydrogens is 394 g/mol. The third-order valence-electron chi connectivity index (χ3n) is 5.80. The predicted octanol–water partition coefficient (Wildman–Crippen LogP) is 1.66.